The van der Waals surface area contributed by atoms with Crippen LogP contribution in [0.25, 0.3) is 0 Å². The van der Waals surface area contributed by atoms with Crippen LogP contribution >= 0.6 is 0 Å². The molecule has 1 saturated carbocycles. The average Bonchev–Trinajstić information content (AvgIpc) is 2.37. The number of nitrogens with zero attached hydrogens (tertiary/aromatic N) is 1. The third-order valence-corrected chi connectivity index (χ3v) is 2.42. The van der Waals surface area contributed by atoms with E-state index in [0.717, 1.165) is 12.3 Å². The molecule has 2 atom stereocenters. The van der Waals surface area contributed by atoms with Gasteiger partial charge in [-0.25, -0.2) is 0 Å². The summed E-state index contributed by atoms with van der Waals surface area (Å²) in [5.74, 6) is 1.26. The lowest BCUT2D eigenvalue weighted by atomic mass is 10.0. The monoisotopic (exact) mass is 137 g/mol. The molecule has 1 heteroatoms. The summed E-state index contributed by atoms with van der Waals surface area (Å²) in [5, 5.41) is 8.60. The van der Waals surface area contributed by atoms with Gasteiger partial charge >= 0.3 is 0 Å². The molecule has 0 spiro atoms. The molecule has 56 valence electrons. The van der Waals surface area contributed by atoms with Crippen molar-refractivity contribution in [3.63, 3.8) is 0 Å². The van der Waals surface area contributed by atoms with Crippen molar-refractivity contribution >= 4 is 0 Å². The molecule has 1 fully saturated rings. The van der Waals surface area contributed by atoms with Crippen LogP contribution in [-0.2, 0) is 0 Å². The molecule has 1 aliphatic carbocycles. The summed E-state index contributed by atoms with van der Waals surface area (Å²) in [6.07, 6.45) is 6.23. The fraction of sp³-hybridized carbons (Fsp3) is 0.889. The van der Waals surface area contributed by atoms with E-state index in [-0.39, 0.29) is 0 Å². The normalized spacial score (nSPS) is 32.0. The Morgan fingerprint density at radius 2 is 2.30 bits per heavy atom. The van der Waals surface area contributed by atoms with Crippen molar-refractivity contribution in [2.45, 2.75) is 39.0 Å². The van der Waals surface area contributed by atoms with Gasteiger partial charge in [-0.1, -0.05) is 19.8 Å². The Hall–Kier alpha value is -0.510. The Labute approximate surface area is 63.0 Å². The fourth-order valence-corrected chi connectivity index (χ4v) is 1.86. The second kappa shape index (κ2) is 3.61. The van der Waals surface area contributed by atoms with Crippen LogP contribution in [-0.4, -0.2) is 0 Å². The Balaban J connectivity index is 2.23. The van der Waals surface area contributed by atoms with Crippen LogP contribution in [0.1, 0.15) is 39.0 Å². The second-order valence-electron chi connectivity index (χ2n) is 3.29. The van der Waals surface area contributed by atoms with Gasteiger partial charge in [0.1, 0.15) is 0 Å². The molecule has 2 unspecified atom stereocenters. The summed E-state index contributed by atoms with van der Waals surface area (Å²) in [5.41, 5.74) is 0. The van der Waals surface area contributed by atoms with Gasteiger partial charge in [0.2, 0.25) is 0 Å². The predicted octanol–water partition coefficient (Wildman–Crippen LogP) is 2.73. The minimum absolute atomic E-state index is 0.386. The predicted molar refractivity (Wildman–Crippen MR) is 41.4 cm³/mol. The molecule has 10 heavy (non-hydrogen) atoms. The van der Waals surface area contributed by atoms with Crippen LogP contribution in [0.3, 0.4) is 0 Å². The molecule has 0 aromatic heterocycles. The third kappa shape index (κ3) is 1.73. The van der Waals surface area contributed by atoms with E-state index < -0.39 is 0 Å². The number of rotatable bonds is 2. The van der Waals surface area contributed by atoms with Gasteiger partial charge in [0.15, 0.2) is 0 Å². The highest BCUT2D eigenvalue weighted by Gasteiger charge is 2.22. The van der Waals surface area contributed by atoms with Crippen molar-refractivity contribution in [2.24, 2.45) is 11.8 Å². The lowest BCUT2D eigenvalue weighted by molar-refractivity contribution is 0.486. The standard InChI is InChI=1S/C9H15N/c1-2-3-8-4-5-9(6-8)7-10/h8-9H,2-6H2,1H3. The van der Waals surface area contributed by atoms with Crippen LogP contribution < -0.4 is 0 Å². The van der Waals surface area contributed by atoms with Crippen molar-refractivity contribution in [3.05, 3.63) is 0 Å². The third-order valence-electron chi connectivity index (χ3n) is 2.42. The highest BCUT2D eigenvalue weighted by atomic mass is 14.3. The van der Waals surface area contributed by atoms with Crippen LogP contribution in [0.5, 0.6) is 0 Å². The lowest BCUT2D eigenvalue weighted by Gasteiger charge is -2.04. The van der Waals surface area contributed by atoms with E-state index in [9.17, 15) is 0 Å². The first-order valence-corrected chi connectivity index (χ1v) is 4.26. The van der Waals surface area contributed by atoms with Gasteiger partial charge in [0.05, 0.1) is 6.07 Å². The molecule has 0 bridgehead atoms. The highest BCUT2D eigenvalue weighted by Crippen LogP contribution is 2.32. The van der Waals surface area contributed by atoms with Crippen molar-refractivity contribution in [3.8, 4) is 6.07 Å². The maximum absolute atomic E-state index is 8.60. The van der Waals surface area contributed by atoms with E-state index in [1.54, 1.807) is 0 Å². The van der Waals surface area contributed by atoms with E-state index in [2.05, 4.69) is 13.0 Å². The lowest BCUT2D eigenvalue weighted by Crippen LogP contribution is -1.93. The van der Waals surface area contributed by atoms with Gasteiger partial charge in [-0.2, -0.15) is 5.26 Å². The van der Waals surface area contributed by atoms with Crippen LogP contribution in [0.15, 0.2) is 0 Å². The Kier molecular flexibility index (Phi) is 2.74. The first kappa shape index (κ1) is 7.60. The quantitative estimate of drug-likeness (QED) is 0.574. The molecule has 0 amide bonds. The molecule has 0 N–H and O–H groups in total. The first-order chi connectivity index (χ1) is 4.86. The van der Waals surface area contributed by atoms with Crippen LogP contribution in [0.4, 0.5) is 0 Å². The summed E-state index contributed by atoms with van der Waals surface area (Å²) in [4.78, 5) is 0. The van der Waals surface area contributed by atoms with Gasteiger partial charge in [-0.15, -0.1) is 0 Å². The van der Waals surface area contributed by atoms with Gasteiger partial charge in [-0.3, -0.25) is 0 Å². The summed E-state index contributed by atoms with van der Waals surface area (Å²) in [6, 6.07) is 2.35. The van der Waals surface area contributed by atoms with Gasteiger partial charge < -0.3 is 0 Å². The van der Waals surface area contributed by atoms with Gasteiger partial charge in [0, 0.05) is 5.92 Å². The molecule has 0 heterocycles. The zero-order valence-electron chi connectivity index (χ0n) is 6.64. The minimum Gasteiger partial charge on any atom is -0.198 e. The van der Waals surface area contributed by atoms with Crippen molar-refractivity contribution in [1.29, 1.82) is 5.26 Å². The zero-order valence-corrected chi connectivity index (χ0v) is 6.64. The largest absolute Gasteiger partial charge is 0.198 e. The van der Waals surface area contributed by atoms with Crippen molar-refractivity contribution < 1.29 is 0 Å². The first-order valence-electron chi connectivity index (χ1n) is 4.26. The SMILES string of the molecule is CCCC1CCC(C#N)C1. The summed E-state index contributed by atoms with van der Waals surface area (Å²) in [7, 11) is 0. The molecule has 1 rings (SSSR count). The Bertz CT molecular complexity index is 134. The maximum Gasteiger partial charge on any atom is 0.0655 e. The van der Waals surface area contributed by atoms with E-state index in [0.29, 0.717) is 5.92 Å². The van der Waals surface area contributed by atoms with Crippen LogP contribution in [0.2, 0.25) is 0 Å². The molecule has 1 nitrogen and oxygen atoms in total. The zero-order chi connectivity index (χ0) is 7.40. The smallest absolute Gasteiger partial charge is 0.0655 e. The van der Waals surface area contributed by atoms with Gasteiger partial charge in [-0.05, 0) is 25.2 Å². The molecule has 0 aromatic carbocycles. The van der Waals surface area contributed by atoms with Crippen molar-refractivity contribution in [2.75, 3.05) is 0 Å². The topological polar surface area (TPSA) is 23.8 Å². The number of hydrogen-bond donors (Lipinski definition) is 0. The molecule has 0 aromatic rings. The summed E-state index contributed by atoms with van der Waals surface area (Å²) in [6.45, 7) is 2.22. The molecule has 1 aliphatic rings. The van der Waals surface area contributed by atoms with Gasteiger partial charge in [0.25, 0.3) is 0 Å². The highest BCUT2D eigenvalue weighted by molar-refractivity contribution is 4.89. The van der Waals surface area contributed by atoms with Crippen molar-refractivity contribution in [1.82, 2.24) is 0 Å². The van der Waals surface area contributed by atoms with E-state index in [1.807, 2.05) is 0 Å². The Morgan fingerprint density at radius 3 is 2.80 bits per heavy atom. The second-order valence-corrected chi connectivity index (χ2v) is 3.29. The molecule has 0 radical (unpaired) electrons. The van der Waals surface area contributed by atoms with Crippen LogP contribution in [0, 0.1) is 23.2 Å². The molecular weight excluding hydrogens is 122 g/mol. The fourth-order valence-electron chi connectivity index (χ4n) is 1.86. The molecule has 0 saturated heterocycles. The van der Waals surface area contributed by atoms with E-state index in [1.165, 1.54) is 25.7 Å². The number of nitriles is 1. The van der Waals surface area contributed by atoms with E-state index in [4.69, 9.17) is 5.26 Å². The summed E-state index contributed by atoms with van der Waals surface area (Å²) >= 11 is 0. The minimum atomic E-state index is 0.386. The molecule has 0 aliphatic heterocycles. The van der Waals surface area contributed by atoms with E-state index >= 15 is 0 Å². The maximum atomic E-state index is 8.60. The molecular formula is C9H15N. The Morgan fingerprint density at radius 1 is 1.50 bits per heavy atom. The number of hydrogen-bond acceptors (Lipinski definition) is 1. The summed E-state index contributed by atoms with van der Waals surface area (Å²) < 4.78 is 0. The average molecular weight is 137 g/mol.